The van der Waals surface area contributed by atoms with Crippen LogP contribution in [0.5, 0.6) is 0 Å². The Hall–Kier alpha value is -0.220. The van der Waals surface area contributed by atoms with Gasteiger partial charge in [-0.1, -0.05) is 26.7 Å². The smallest absolute Gasteiger partial charge is 0.237 e. The van der Waals surface area contributed by atoms with Crippen LogP contribution in [0.3, 0.4) is 0 Å². The van der Waals surface area contributed by atoms with Gasteiger partial charge in [-0.2, -0.15) is 11.8 Å². The molecule has 0 spiro atoms. The van der Waals surface area contributed by atoms with Crippen molar-refractivity contribution in [2.24, 2.45) is 11.7 Å². The summed E-state index contributed by atoms with van der Waals surface area (Å²) in [5.74, 6) is 1.67. The van der Waals surface area contributed by atoms with Gasteiger partial charge in [-0.05, 0) is 37.7 Å². The van der Waals surface area contributed by atoms with Crippen LogP contribution in [0.15, 0.2) is 0 Å². The summed E-state index contributed by atoms with van der Waals surface area (Å²) in [6.07, 6.45) is 6.21. The Labute approximate surface area is 110 Å². The van der Waals surface area contributed by atoms with Crippen LogP contribution in [-0.4, -0.2) is 30.0 Å². The van der Waals surface area contributed by atoms with Crippen LogP contribution in [0.4, 0.5) is 0 Å². The Bertz CT molecular complexity index is 210. The number of hydrogen-bond donors (Lipinski definition) is 2. The minimum absolute atomic E-state index is 0.00361. The van der Waals surface area contributed by atoms with Crippen molar-refractivity contribution in [2.75, 3.05) is 12.0 Å². The summed E-state index contributed by atoms with van der Waals surface area (Å²) in [6, 6.07) is -0.114. The van der Waals surface area contributed by atoms with E-state index in [1.54, 1.807) is 11.8 Å². The third-order valence-corrected chi connectivity index (χ3v) is 3.42. The van der Waals surface area contributed by atoms with Crippen molar-refractivity contribution < 1.29 is 4.79 Å². The Kier molecular flexibility index (Phi) is 9.65. The van der Waals surface area contributed by atoms with Crippen LogP contribution in [0, 0.1) is 5.92 Å². The number of rotatable bonds is 9. The van der Waals surface area contributed by atoms with Crippen molar-refractivity contribution in [1.82, 2.24) is 5.32 Å². The molecule has 3 nitrogen and oxygen atoms in total. The summed E-state index contributed by atoms with van der Waals surface area (Å²) < 4.78 is 0. The zero-order valence-electron chi connectivity index (χ0n) is 11.7. The SMILES string of the molecule is CSCC[C@@H](N)C(=O)NC(C)CCCC(C)C. The van der Waals surface area contributed by atoms with E-state index in [2.05, 4.69) is 26.1 Å². The van der Waals surface area contributed by atoms with Gasteiger partial charge in [0.2, 0.25) is 5.91 Å². The monoisotopic (exact) mass is 260 g/mol. The molecular formula is C13H28N2OS. The van der Waals surface area contributed by atoms with Crippen molar-refractivity contribution in [2.45, 2.75) is 58.5 Å². The number of nitrogens with one attached hydrogen (secondary N) is 1. The van der Waals surface area contributed by atoms with Crippen LogP contribution in [-0.2, 0) is 4.79 Å². The van der Waals surface area contributed by atoms with E-state index in [4.69, 9.17) is 5.73 Å². The highest BCUT2D eigenvalue weighted by Gasteiger charge is 2.14. The lowest BCUT2D eigenvalue weighted by Crippen LogP contribution is -2.44. The van der Waals surface area contributed by atoms with Gasteiger partial charge in [0.05, 0.1) is 6.04 Å². The molecule has 0 aromatic heterocycles. The summed E-state index contributed by atoms with van der Waals surface area (Å²) in [7, 11) is 0. The second-order valence-electron chi connectivity index (χ2n) is 5.12. The van der Waals surface area contributed by atoms with Gasteiger partial charge >= 0.3 is 0 Å². The maximum Gasteiger partial charge on any atom is 0.237 e. The lowest BCUT2D eigenvalue weighted by molar-refractivity contribution is -0.123. The Morgan fingerprint density at radius 2 is 1.88 bits per heavy atom. The minimum Gasteiger partial charge on any atom is -0.352 e. The number of hydrogen-bond acceptors (Lipinski definition) is 3. The van der Waals surface area contributed by atoms with Crippen LogP contribution < -0.4 is 11.1 Å². The molecule has 0 aromatic rings. The zero-order valence-corrected chi connectivity index (χ0v) is 12.5. The van der Waals surface area contributed by atoms with Gasteiger partial charge in [0.1, 0.15) is 0 Å². The Morgan fingerprint density at radius 1 is 1.24 bits per heavy atom. The number of amides is 1. The first kappa shape index (κ1) is 16.8. The van der Waals surface area contributed by atoms with Crippen LogP contribution in [0.25, 0.3) is 0 Å². The molecule has 0 fully saturated rings. The lowest BCUT2D eigenvalue weighted by Gasteiger charge is -2.17. The van der Waals surface area contributed by atoms with Crippen molar-refractivity contribution in [3.8, 4) is 0 Å². The van der Waals surface area contributed by atoms with E-state index in [0.717, 1.165) is 24.5 Å². The van der Waals surface area contributed by atoms with Gasteiger partial charge in [-0.15, -0.1) is 0 Å². The molecule has 0 aromatic carbocycles. The summed E-state index contributed by atoms with van der Waals surface area (Å²) in [5.41, 5.74) is 5.80. The molecule has 17 heavy (non-hydrogen) atoms. The number of thioether (sulfide) groups is 1. The van der Waals surface area contributed by atoms with E-state index >= 15 is 0 Å². The molecule has 0 saturated heterocycles. The molecule has 4 heteroatoms. The Balaban J connectivity index is 3.71. The second kappa shape index (κ2) is 9.77. The molecule has 1 amide bonds. The molecule has 0 aliphatic carbocycles. The molecular weight excluding hydrogens is 232 g/mol. The van der Waals surface area contributed by atoms with Gasteiger partial charge in [0.25, 0.3) is 0 Å². The van der Waals surface area contributed by atoms with Gasteiger partial charge in [0, 0.05) is 6.04 Å². The lowest BCUT2D eigenvalue weighted by atomic mass is 10.0. The summed E-state index contributed by atoms with van der Waals surface area (Å²) >= 11 is 1.72. The molecule has 0 radical (unpaired) electrons. The molecule has 0 aliphatic rings. The normalized spacial score (nSPS) is 14.7. The molecule has 2 atom stereocenters. The molecule has 102 valence electrons. The fourth-order valence-corrected chi connectivity index (χ4v) is 2.12. The van der Waals surface area contributed by atoms with E-state index in [1.165, 1.54) is 12.8 Å². The fourth-order valence-electron chi connectivity index (χ4n) is 1.63. The third kappa shape index (κ3) is 9.48. The topological polar surface area (TPSA) is 55.1 Å². The van der Waals surface area contributed by atoms with Gasteiger partial charge in [-0.3, -0.25) is 4.79 Å². The van der Waals surface area contributed by atoms with Crippen molar-refractivity contribution in [3.05, 3.63) is 0 Å². The first-order chi connectivity index (χ1) is 7.97. The molecule has 0 aliphatic heterocycles. The standard InChI is InChI=1S/C13H28N2OS/c1-10(2)6-5-7-11(3)15-13(16)12(14)8-9-17-4/h10-12H,5-9,14H2,1-4H3,(H,15,16)/t11?,12-/m1/s1. The molecule has 0 bridgehead atoms. The maximum absolute atomic E-state index is 11.7. The third-order valence-electron chi connectivity index (χ3n) is 2.78. The molecule has 0 saturated carbocycles. The molecule has 3 N–H and O–H groups in total. The average Bonchev–Trinajstić information content (AvgIpc) is 2.25. The second-order valence-corrected chi connectivity index (χ2v) is 6.11. The van der Waals surface area contributed by atoms with Crippen molar-refractivity contribution >= 4 is 17.7 Å². The molecule has 0 rings (SSSR count). The minimum atomic E-state index is -0.352. The average molecular weight is 260 g/mol. The summed E-state index contributed by atoms with van der Waals surface area (Å²) in [6.45, 7) is 6.50. The van der Waals surface area contributed by atoms with Crippen LogP contribution in [0.1, 0.15) is 46.5 Å². The van der Waals surface area contributed by atoms with Crippen molar-refractivity contribution in [1.29, 1.82) is 0 Å². The first-order valence-electron chi connectivity index (χ1n) is 6.52. The van der Waals surface area contributed by atoms with E-state index in [9.17, 15) is 4.79 Å². The quantitative estimate of drug-likeness (QED) is 0.669. The molecule has 0 heterocycles. The van der Waals surface area contributed by atoms with E-state index in [-0.39, 0.29) is 18.0 Å². The van der Waals surface area contributed by atoms with Gasteiger partial charge < -0.3 is 11.1 Å². The summed E-state index contributed by atoms with van der Waals surface area (Å²) in [5, 5.41) is 2.99. The Morgan fingerprint density at radius 3 is 2.41 bits per heavy atom. The van der Waals surface area contributed by atoms with E-state index < -0.39 is 0 Å². The number of carbonyl (C=O) groups excluding carboxylic acids is 1. The van der Waals surface area contributed by atoms with Crippen LogP contribution in [0.2, 0.25) is 0 Å². The zero-order chi connectivity index (χ0) is 13.3. The predicted octanol–water partition coefficient (Wildman–Crippen LogP) is 2.40. The molecule has 1 unspecified atom stereocenters. The predicted molar refractivity (Wildman–Crippen MR) is 77.3 cm³/mol. The number of carbonyl (C=O) groups is 1. The van der Waals surface area contributed by atoms with Crippen LogP contribution >= 0.6 is 11.8 Å². The largest absolute Gasteiger partial charge is 0.352 e. The highest BCUT2D eigenvalue weighted by Crippen LogP contribution is 2.08. The summed E-state index contributed by atoms with van der Waals surface area (Å²) in [4.78, 5) is 11.7. The van der Waals surface area contributed by atoms with E-state index in [0.29, 0.717) is 0 Å². The first-order valence-corrected chi connectivity index (χ1v) is 7.91. The van der Waals surface area contributed by atoms with E-state index in [1.807, 2.05) is 6.26 Å². The van der Waals surface area contributed by atoms with Crippen molar-refractivity contribution in [3.63, 3.8) is 0 Å². The van der Waals surface area contributed by atoms with Gasteiger partial charge in [-0.25, -0.2) is 0 Å². The maximum atomic E-state index is 11.7. The highest BCUT2D eigenvalue weighted by molar-refractivity contribution is 7.98. The fraction of sp³-hybridized carbons (Fsp3) is 0.923. The van der Waals surface area contributed by atoms with Gasteiger partial charge in [0.15, 0.2) is 0 Å². The highest BCUT2D eigenvalue weighted by atomic mass is 32.2. The number of nitrogens with two attached hydrogens (primary N) is 1.